The second kappa shape index (κ2) is 10.8. The predicted octanol–water partition coefficient (Wildman–Crippen LogP) is 4.45. The quantitative estimate of drug-likeness (QED) is 0.444. The van der Waals surface area contributed by atoms with Crippen LogP contribution in [-0.2, 0) is 25.6 Å². The van der Waals surface area contributed by atoms with Gasteiger partial charge in [-0.05, 0) is 40.3 Å². The van der Waals surface area contributed by atoms with Crippen molar-refractivity contribution < 1.29 is 29.1 Å². The van der Waals surface area contributed by atoms with Crippen LogP contribution in [0.3, 0.4) is 0 Å². The molecule has 0 aromatic heterocycles. The van der Waals surface area contributed by atoms with Crippen LogP contribution in [0.4, 0.5) is 10.5 Å². The third-order valence-electron chi connectivity index (χ3n) is 5.94. The SMILES string of the molecule is CN(OCC(=O)O)C(=O)CCc1ccccc1NC(=O)OCC1c2ccccc2-c2ccccc21. The number of hydrogen-bond acceptors (Lipinski definition) is 5. The normalized spacial score (nSPS) is 11.9. The molecule has 4 rings (SSSR count). The molecule has 0 atom stereocenters. The van der Waals surface area contributed by atoms with Gasteiger partial charge in [0.25, 0.3) is 0 Å². The number of rotatable bonds is 9. The Morgan fingerprint density at radius 3 is 2.17 bits per heavy atom. The number of carbonyl (C=O) groups excluding carboxylic acids is 2. The third kappa shape index (κ3) is 5.67. The van der Waals surface area contributed by atoms with Gasteiger partial charge in [-0.15, -0.1) is 0 Å². The van der Waals surface area contributed by atoms with Gasteiger partial charge >= 0.3 is 12.1 Å². The summed E-state index contributed by atoms with van der Waals surface area (Å²) in [6, 6.07) is 23.4. The summed E-state index contributed by atoms with van der Waals surface area (Å²) in [4.78, 5) is 40.3. The van der Waals surface area contributed by atoms with E-state index in [1.54, 1.807) is 12.1 Å². The Bertz CT molecular complexity index is 1200. The molecule has 0 saturated heterocycles. The average Bonchev–Trinajstić information content (AvgIpc) is 3.19. The number of ether oxygens (including phenoxy) is 1. The van der Waals surface area contributed by atoms with Crippen LogP contribution in [0.25, 0.3) is 11.1 Å². The van der Waals surface area contributed by atoms with Gasteiger partial charge in [-0.1, -0.05) is 66.7 Å². The van der Waals surface area contributed by atoms with Crippen LogP contribution in [0.1, 0.15) is 29.0 Å². The van der Waals surface area contributed by atoms with Crippen molar-refractivity contribution in [1.82, 2.24) is 5.06 Å². The summed E-state index contributed by atoms with van der Waals surface area (Å²) in [5.41, 5.74) is 5.88. The monoisotopic (exact) mass is 474 g/mol. The lowest BCUT2D eigenvalue weighted by Crippen LogP contribution is -2.29. The molecule has 0 aliphatic heterocycles. The van der Waals surface area contributed by atoms with Crippen LogP contribution < -0.4 is 5.32 Å². The Kier molecular flexibility index (Phi) is 7.42. The molecule has 0 bridgehead atoms. The summed E-state index contributed by atoms with van der Waals surface area (Å²) in [7, 11) is 1.37. The van der Waals surface area contributed by atoms with E-state index in [2.05, 4.69) is 29.6 Å². The minimum absolute atomic E-state index is 0.0395. The zero-order valence-corrected chi connectivity index (χ0v) is 19.3. The van der Waals surface area contributed by atoms with E-state index in [0.29, 0.717) is 12.1 Å². The number of hydrogen-bond donors (Lipinski definition) is 2. The fraction of sp³-hybridized carbons (Fsp3) is 0.222. The lowest BCUT2D eigenvalue weighted by atomic mass is 9.98. The van der Waals surface area contributed by atoms with Crippen molar-refractivity contribution in [2.75, 3.05) is 25.6 Å². The summed E-state index contributed by atoms with van der Waals surface area (Å²) < 4.78 is 5.62. The molecule has 2 N–H and O–H groups in total. The van der Waals surface area contributed by atoms with Gasteiger partial charge in [0.1, 0.15) is 6.61 Å². The molecule has 8 nitrogen and oxygen atoms in total. The highest BCUT2D eigenvalue weighted by Gasteiger charge is 2.29. The van der Waals surface area contributed by atoms with E-state index < -0.39 is 18.7 Å². The number of carboxylic acids is 1. The number of nitrogens with zero attached hydrogens (tertiary/aromatic N) is 1. The molecule has 35 heavy (non-hydrogen) atoms. The Hall–Kier alpha value is -4.17. The summed E-state index contributed by atoms with van der Waals surface area (Å²) in [5.74, 6) is -1.58. The standard InChI is InChI=1S/C27H26N2O6/c1-29(35-17-26(31)32)25(30)15-14-18-8-2-7-13-24(18)28-27(33)34-16-23-21-11-5-3-9-19(21)20-10-4-6-12-22(20)23/h2-13,23H,14-17H2,1H3,(H,28,33)(H,31,32). The van der Waals surface area contributed by atoms with Crippen molar-refractivity contribution in [3.8, 4) is 11.1 Å². The maximum Gasteiger partial charge on any atom is 0.411 e. The van der Waals surface area contributed by atoms with Gasteiger partial charge in [0.2, 0.25) is 5.91 Å². The zero-order chi connectivity index (χ0) is 24.8. The van der Waals surface area contributed by atoms with Crippen molar-refractivity contribution in [3.05, 3.63) is 89.5 Å². The van der Waals surface area contributed by atoms with Gasteiger partial charge in [0, 0.05) is 25.1 Å². The molecule has 180 valence electrons. The van der Waals surface area contributed by atoms with Crippen molar-refractivity contribution in [2.45, 2.75) is 18.8 Å². The summed E-state index contributed by atoms with van der Waals surface area (Å²) in [6.07, 6.45) is -0.161. The van der Waals surface area contributed by atoms with Crippen LogP contribution in [0, 0.1) is 0 Å². The van der Waals surface area contributed by atoms with Gasteiger partial charge < -0.3 is 9.84 Å². The molecule has 0 unspecified atom stereocenters. The molecule has 1 aliphatic rings. The van der Waals surface area contributed by atoms with Crippen LogP contribution in [0.15, 0.2) is 72.8 Å². The summed E-state index contributed by atoms with van der Waals surface area (Å²) in [5, 5.41) is 12.4. The van der Waals surface area contributed by atoms with Gasteiger partial charge in [-0.25, -0.2) is 14.7 Å². The minimum Gasteiger partial charge on any atom is -0.479 e. The van der Waals surface area contributed by atoms with Crippen molar-refractivity contribution in [3.63, 3.8) is 0 Å². The largest absolute Gasteiger partial charge is 0.479 e. The average molecular weight is 475 g/mol. The van der Waals surface area contributed by atoms with E-state index in [1.807, 2.05) is 36.4 Å². The number of fused-ring (bicyclic) bond motifs is 3. The highest BCUT2D eigenvalue weighted by atomic mass is 16.7. The maximum absolute atomic E-state index is 12.7. The summed E-state index contributed by atoms with van der Waals surface area (Å²) in [6.45, 7) is -0.394. The second-order valence-electron chi connectivity index (χ2n) is 8.17. The third-order valence-corrected chi connectivity index (χ3v) is 5.94. The highest BCUT2D eigenvalue weighted by molar-refractivity contribution is 5.86. The molecule has 8 heteroatoms. The van der Waals surface area contributed by atoms with E-state index in [9.17, 15) is 14.4 Å². The smallest absolute Gasteiger partial charge is 0.411 e. The first kappa shape index (κ1) is 24.0. The van der Waals surface area contributed by atoms with Gasteiger partial charge in [0.15, 0.2) is 6.61 Å². The predicted molar refractivity (Wildman–Crippen MR) is 130 cm³/mol. The number of carboxylic acid groups (broad SMARTS) is 1. The van der Waals surface area contributed by atoms with Crippen molar-refractivity contribution >= 4 is 23.7 Å². The van der Waals surface area contributed by atoms with Gasteiger partial charge in [-0.2, -0.15) is 0 Å². The second-order valence-corrected chi connectivity index (χ2v) is 8.17. The molecule has 1 aliphatic carbocycles. The summed E-state index contributed by atoms with van der Waals surface area (Å²) >= 11 is 0. The van der Waals surface area contributed by atoms with Crippen LogP contribution >= 0.6 is 0 Å². The molecule has 0 fully saturated rings. The fourth-order valence-corrected chi connectivity index (χ4v) is 4.23. The molecule has 0 radical (unpaired) electrons. The Morgan fingerprint density at radius 2 is 1.51 bits per heavy atom. The number of nitrogens with one attached hydrogen (secondary N) is 1. The van der Waals surface area contributed by atoms with Gasteiger partial charge in [0.05, 0.1) is 0 Å². The molecule has 0 spiro atoms. The molecule has 0 saturated carbocycles. The van der Waals surface area contributed by atoms with E-state index >= 15 is 0 Å². The Morgan fingerprint density at radius 1 is 0.914 bits per heavy atom. The van der Waals surface area contributed by atoms with Crippen molar-refractivity contribution in [2.24, 2.45) is 0 Å². The zero-order valence-electron chi connectivity index (χ0n) is 19.3. The van der Waals surface area contributed by atoms with Gasteiger partial charge in [-0.3, -0.25) is 14.9 Å². The lowest BCUT2D eigenvalue weighted by molar-refractivity contribution is -0.185. The van der Waals surface area contributed by atoms with Crippen molar-refractivity contribution in [1.29, 1.82) is 0 Å². The molecule has 0 heterocycles. The maximum atomic E-state index is 12.7. The van der Waals surface area contributed by atoms with Crippen LogP contribution in [-0.4, -0.2) is 48.4 Å². The number of para-hydroxylation sites is 1. The fourth-order valence-electron chi connectivity index (χ4n) is 4.23. The number of carbonyl (C=O) groups is 3. The topological polar surface area (TPSA) is 105 Å². The van der Waals surface area contributed by atoms with E-state index in [1.165, 1.54) is 7.05 Å². The first-order valence-electron chi connectivity index (χ1n) is 11.2. The molecular weight excluding hydrogens is 448 g/mol. The molecule has 3 aromatic carbocycles. The first-order valence-corrected chi connectivity index (χ1v) is 11.2. The van der Waals surface area contributed by atoms with E-state index in [-0.39, 0.29) is 24.9 Å². The number of hydroxylamine groups is 2. The first-order chi connectivity index (χ1) is 16.9. The molecule has 3 aromatic rings. The number of anilines is 1. The lowest BCUT2D eigenvalue weighted by Gasteiger charge is -2.17. The Balaban J connectivity index is 1.36. The van der Waals surface area contributed by atoms with Crippen LogP contribution in [0.2, 0.25) is 0 Å². The number of amides is 2. The highest BCUT2D eigenvalue weighted by Crippen LogP contribution is 2.44. The van der Waals surface area contributed by atoms with E-state index in [4.69, 9.17) is 14.7 Å². The number of aryl methyl sites for hydroxylation is 1. The van der Waals surface area contributed by atoms with Crippen LogP contribution in [0.5, 0.6) is 0 Å². The minimum atomic E-state index is -1.16. The molecular formula is C27H26N2O6. The Labute approximate surface area is 203 Å². The molecule has 2 amide bonds. The number of benzene rings is 3. The number of aliphatic carboxylic acids is 1. The van der Waals surface area contributed by atoms with E-state index in [0.717, 1.165) is 32.9 Å².